The highest BCUT2D eigenvalue weighted by molar-refractivity contribution is 7.89. The molecular formula is C16H22N2O4S. The number of carbonyl (C=O) groups excluding carboxylic acids is 1. The molecule has 1 aromatic rings. The molecule has 1 N–H and O–H groups in total. The fourth-order valence-electron chi connectivity index (χ4n) is 3.14. The van der Waals surface area contributed by atoms with Crippen molar-refractivity contribution >= 4 is 15.9 Å². The molecule has 126 valence electrons. The van der Waals surface area contributed by atoms with Crippen LogP contribution in [0.5, 0.6) is 5.75 Å². The van der Waals surface area contributed by atoms with E-state index < -0.39 is 10.0 Å². The molecule has 1 amide bonds. The number of ether oxygens (including phenoxy) is 1. The summed E-state index contributed by atoms with van der Waals surface area (Å²) in [5, 5.41) is 0. The largest absolute Gasteiger partial charge is 0.495 e. The Morgan fingerprint density at radius 2 is 2.04 bits per heavy atom. The Morgan fingerprint density at radius 3 is 2.65 bits per heavy atom. The molecule has 3 rings (SSSR count). The molecule has 7 heteroatoms. The van der Waals surface area contributed by atoms with Crippen LogP contribution in [-0.4, -0.2) is 45.0 Å². The summed E-state index contributed by atoms with van der Waals surface area (Å²) in [6, 6.07) is 4.92. The van der Waals surface area contributed by atoms with Crippen LogP contribution in [-0.2, 0) is 14.8 Å². The molecule has 1 saturated carbocycles. The minimum Gasteiger partial charge on any atom is -0.495 e. The number of hydrogen-bond acceptors (Lipinski definition) is 4. The van der Waals surface area contributed by atoms with Crippen molar-refractivity contribution in [3.63, 3.8) is 0 Å². The van der Waals surface area contributed by atoms with Crippen LogP contribution in [0, 0.1) is 12.8 Å². The van der Waals surface area contributed by atoms with Crippen molar-refractivity contribution in [2.45, 2.75) is 43.7 Å². The van der Waals surface area contributed by atoms with Crippen molar-refractivity contribution in [1.29, 1.82) is 0 Å². The van der Waals surface area contributed by atoms with E-state index in [0.29, 0.717) is 18.2 Å². The Hall–Kier alpha value is -1.60. The molecule has 1 aliphatic heterocycles. The van der Waals surface area contributed by atoms with Crippen LogP contribution in [0.15, 0.2) is 23.1 Å². The Balaban J connectivity index is 1.77. The summed E-state index contributed by atoms with van der Waals surface area (Å²) in [6.07, 6.45) is 1.23. The van der Waals surface area contributed by atoms with Gasteiger partial charge in [-0.15, -0.1) is 0 Å². The van der Waals surface area contributed by atoms with E-state index in [4.69, 9.17) is 4.74 Å². The van der Waals surface area contributed by atoms with E-state index in [1.165, 1.54) is 7.11 Å². The van der Waals surface area contributed by atoms with Crippen LogP contribution in [0.25, 0.3) is 0 Å². The Morgan fingerprint density at radius 1 is 1.35 bits per heavy atom. The third kappa shape index (κ3) is 3.21. The third-order valence-corrected chi connectivity index (χ3v) is 6.10. The van der Waals surface area contributed by atoms with E-state index in [1.807, 2.05) is 11.8 Å². The minimum absolute atomic E-state index is 0.0308. The Bertz CT molecular complexity index is 732. The van der Waals surface area contributed by atoms with Gasteiger partial charge in [0.2, 0.25) is 15.9 Å². The molecule has 1 aromatic carbocycles. The van der Waals surface area contributed by atoms with Gasteiger partial charge in [0, 0.05) is 25.0 Å². The van der Waals surface area contributed by atoms with Gasteiger partial charge in [-0.1, -0.05) is 13.0 Å². The molecular weight excluding hydrogens is 316 g/mol. The Labute approximate surface area is 136 Å². The topological polar surface area (TPSA) is 75.7 Å². The first kappa shape index (κ1) is 16.3. The van der Waals surface area contributed by atoms with Gasteiger partial charge in [-0.25, -0.2) is 13.1 Å². The summed E-state index contributed by atoms with van der Waals surface area (Å²) in [4.78, 5) is 14.0. The van der Waals surface area contributed by atoms with Gasteiger partial charge in [0.15, 0.2) is 0 Å². The predicted octanol–water partition coefficient (Wildman–Crippen LogP) is 1.29. The average Bonchev–Trinajstić information content (AvgIpc) is 3.09. The smallest absolute Gasteiger partial charge is 0.244 e. The summed E-state index contributed by atoms with van der Waals surface area (Å²) in [5.41, 5.74) is 0.835. The number of hydrogen-bond donors (Lipinski definition) is 1. The van der Waals surface area contributed by atoms with Gasteiger partial charge in [-0.2, -0.15) is 0 Å². The van der Waals surface area contributed by atoms with Crippen molar-refractivity contribution in [2.75, 3.05) is 13.7 Å². The van der Waals surface area contributed by atoms with E-state index in [1.54, 1.807) is 18.2 Å². The number of carbonyl (C=O) groups is 1. The summed E-state index contributed by atoms with van der Waals surface area (Å²) >= 11 is 0. The van der Waals surface area contributed by atoms with Gasteiger partial charge >= 0.3 is 0 Å². The van der Waals surface area contributed by atoms with Gasteiger partial charge in [0.1, 0.15) is 10.6 Å². The first-order valence-electron chi connectivity index (χ1n) is 7.78. The maximum absolute atomic E-state index is 12.7. The predicted molar refractivity (Wildman–Crippen MR) is 85.7 cm³/mol. The number of methoxy groups -OCH3 is 1. The number of aryl methyl sites for hydroxylation is 1. The van der Waals surface area contributed by atoms with Gasteiger partial charge in [-0.05, 0) is 37.0 Å². The average molecular weight is 338 g/mol. The summed E-state index contributed by atoms with van der Waals surface area (Å²) in [7, 11) is -2.29. The molecule has 1 aliphatic carbocycles. The van der Waals surface area contributed by atoms with Crippen molar-refractivity contribution in [3.8, 4) is 5.75 Å². The molecule has 2 aliphatic rings. The lowest BCUT2D eigenvalue weighted by molar-refractivity contribution is -0.128. The number of nitrogens with one attached hydrogen (secondary N) is 1. The van der Waals surface area contributed by atoms with Crippen LogP contribution in [0.1, 0.15) is 25.3 Å². The zero-order chi connectivity index (χ0) is 16.8. The quantitative estimate of drug-likeness (QED) is 0.878. The first-order chi connectivity index (χ1) is 10.8. The lowest BCUT2D eigenvalue weighted by atomic mass is 10.2. The van der Waals surface area contributed by atoms with Crippen molar-refractivity contribution < 1.29 is 17.9 Å². The van der Waals surface area contributed by atoms with Crippen LogP contribution in [0.4, 0.5) is 0 Å². The number of sulfonamides is 1. The zero-order valence-electron chi connectivity index (χ0n) is 13.6. The van der Waals surface area contributed by atoms with E-state index in [2.05, 4.69) is 11.6 Å². The van der Waals surface area contributed by atoms with Crippen LogP contribution < -0.4 is 9.46 Å². The van der Waals surface area contributed by atoms with Gasteiger partial charge in [0.25, 0.3) is 0 Å². The molecule has 1 heterocycles. The standard InChI is InChI=1S/C16H22N2O4S/c1-10-4-5-14(22-3)15(6-10)23(20,21)17-12-8-16(19)18(9-12)13-7-11(13)2/h4-6,11-13,17H,7-9H2,1-3H3. The maximum Gasteiger partial charge on any atom is 0.244 e. The highest BCUT2D eigenvalue weighted by Gasteiger charge is 2.45. The van der Waals surface area contributed by atoms with Gasteiger partial charge < -0.3 is 9.64 Å². The number of benzene rings is 1. The summed E-state index contributed by atoms with van der Waals surface area (Å²) < 4.78 is 33.1. The molecule has 0 aromatic heterocycles. The van der Waals surface area contributed by atoms with Crippen LogP contribution >= 0.6 is 0 Å². The molecule has 6 nitrogen and oxygen atoms in total. The van der Waals surface area contributed by atoms with Crippen molar-refractivity contribution in [3.05, 3.63) is 23.8 Å². The van der Waals surface area contributed by atoms with E-state index in [9.17, 15) is 13.2 Å². The SMILES string of the molecule is COc1ccc(C)cc1S(=O)(=O)NC1CC(=O)N(C2CC2C)C1. The lowest BCUT2D eigenvalue weighted by Gasteiger charge is -2.17. The number of amides is 1. The number of rotatable bonds is 5. The van der Waals surface area contributed by atoms with Crippen molar-refractivity contribution in [1.82, 2.24) is 9.62 Å². The first-order valence-corrected chi connectivity index (χ1v) is 9.26. The van der Waals surface area contributed by atoms with Crippen LogP contribution in [0.3, 0.4) is 0 Å². The highest BCUT2D eigenvalue weighted by Crippen LogP contribution is 2.37. The monoisotopic (exact) mass is 338 g/mol. The number of nitrogens with zero attached hydrogens (tertiary/aromatic N) is 1. The molecule has 1 saturated heterocycles. The molecule has 23 heavy (non-hydrogen) atoms. The maximum atomic E-state index is 12.7. The second kappa shape index (κ2) is 5.79. The molecule has 3 unspecified atom stereocenters. The van der Waals surface area contributed by atoms with E-state index >= 15 is 0 Å². The normalized spacial score (nSPS) is 27.3. The van der Waals surface area contributed by atoms with Crippen LogP contribution in [0.2, 0.25) is 0 Å². The molecule has 0 bridgehead atoms. The van der Waals surface area contributed by atoms with Crippen molar-refractivity contribution in [2.24, 2.45) is 5.92 Å². The minimum atomic E-state index is -3.73. The van der Waals surface area contributed by atoms with E-state index in [-0.39, 0.29) is 29.3 Å². The summed E-state index contributed by atoms with van der Waals surface area (Å²) in [5.74, 6) is 0.856. The molecule has 2 fully saturated rings. The second-order valence-electron chi connectivity index (χ2n) is 6.50. The second-order valence-corrected chi connectivity index (χ2v) is 8.19. The molecule has 0 radical (unpaired) electrons. The fourth-order valence-corrected chi connectivity index (χ4v) is 4.63. The fraction of sp³-hybridized carbons (Fsp3) is 0.562. The van der Waals surface area contributed by atoms with Gasteiger partial charge in [-0.3, -0.25) is 4.79 Å². The summed E-state index contributed by atoms with van der Waals surface area (Å²) in [6.45, 7) is 4.38. The zero-order valence-corrected chi connectivity index (χ0v) is 14.4. The number of likely N-dealkylation sites (tertiary alicyclic amines) is 1. The molecule has 3 atom stereocenters. The van der Waals surface area contributed by atoms with E-state index in [0.717, 1.165) is 12.0 Å². The highest BCUT2D eigenvalue weighted by atomic mass is 32.2. The molecule has 0 spiro atoms. The lowest BCUT2D eigenvalue weighted by Crippen LogP contribution is -2.38. The third-order valence-electron chi connectivity index (χ3n) is 4.56. The van der Waals surface area contributed by atoms with Gasteiger partial charge in [0.05, 0.1) is 7.11 Å². The Kier molecular flexibility index (Phi) is 4.10.